The van der Waals surface area contributed by atoms with Gasteiger partial charge in [0.1, 0.15) is 0 Å². The summed E-state index contributed by atoms with van der Waals surface area (Å²) in [5, 5.41) is 3.37. The van der Waals surface area contributed by atoms with Crippen LogP contribution in [-0.4, -0.2) is 36.1 Å². The normalized spacial score (nSPS) is 30.1. The van der Waals surface area contributed by atoms with Crippen molar-refractivity contribution in [2.24, 2.45) is 5.92 Å². The van der Waals surface area contributed by atoms with Crippen molar-refractivity contribution in [3.8, 4) is 0 Å². The molecular formula is C13H14F2N2O2. The van der Waals surface area contributed by atoms with Crippen LogP contribution in [-0.2, 0) is 4.74 Å². The Bertz CT molecular complexity index is 497. The van der Waals surface area contributed by atoms with Crippen LogP contribution in [0.4, 0.5) is 8.78 Å². The average Bonchev–Trinajstić information content (AvgIpc) is 2.37. The molecule has 1 aromatic heterocycles. The van der Waals surface area contributed by atoms with E-state index in [0.29, 0.717) is 26.1 Å². The summed E-state index contributed by atoms with van der Waals surface area (Å²) in [5.74, 6) is -2.47. The highest BCUT2D eigenvalue weighted by molar-refractivity contribution is 5.97. The maximum Gasteiger partial charge on any atom is 0.226 e. The Morgan fingerprint density at radius 2 is 1.95 bits per heavy atom. The van der Waals surface area contributed by atoms with Crippen LogP contribution in [0.15, 0.2) is 12.1 Å². The predicted octanol–water partition coefficient (Wildman–Crippen LogP) is 1.31. The fourth-order valence-corrected chi connectivity index (χ4v) is 2.87. The summed E-state index contributed by atoms with van der Waals surface area (Å²) in [7, 11) is 0. The molecule has 19 heavy (non-hydrogen) atoms. The second-order valence-electron chi connectivity index (χ2n) is 5.10. The largest absolute Gasteiger partial charge is 0.378 e. The van der Waals surface area contributed by atoms with Crippen LogP contribution in [0.25, 0.3) is 0 Å². The van der Waals surface area contributed by atoms with E-state index in [1.165, 1.54) is 6.07 Å². The van der Waals surface area contributed by atoms with E-state index in [2.05, 4.69) is 10.3 Å². The summed E-state index contributed by atoms with van der Waals surface area (Å²) in [5.41, 5.74) is -0.118. The maximum atomic E-state index is 13.5. The zero-order valence-electron chi connectivity index (χ0n) is 10.2. The van der Waals surface area contributed by atoms with Gasteiger partial charge in [0.05, 0.1) is 18.8 Å². The summed E-state index contributed by atoms with van der Waals surface area (Å²) in [4.78, 5) is 15.4. The van der Waals surface area contributed by atoms with E-state index in [-0.39, 0.29) is 29.3 Å². The molecule has 0 aromatic carbocycles. The van der Waals surface area contributed by atoms with Crippen molar-refractivity contribution in [2.45, 2.75) is 24.9 Å². The lowest BCUT2D eigenvalue weighted by atomic mass is 9.82. The molecule has 0 amide bonds. The number of piperidine rings is 1. The molecule has 2 bridgehead atoms. The van der Waals surface area contributed by atoms with Gasteiger partial charge < -0.3 is 10.1 Å². The Labute approximate surface area is 109 Å². The molecule has 6 heteroatoms. The number of pyridine rings is 1. The molecular weight excluding hydrogens is 254 g/mol. The third-order valence-corrected chi connectivity index (χ3v) is 3.70. The summed E-state index contributed by atoms with van der Waals surface area (Å²) in [6.45, 7) is 1.15. The lowest BCUT2D eigenvalue weighted by molar-refractivity contribution is 0.00944. The molecule has 0 spiro atoms. The molecule has 1 N–H and O–H groups in total. The van der Waals surface area contributed by atoms with E-state index in [9.17, 15) is 13.6 Å². The quantitative estimate of drug-likeness (QED) is 0.649. The van der Waals surface area contributed by atoms with Crippen molar-refractivity contribution >= 4 is 5.78 Å². The van der Waals surface area contributed by atoms with Crippen molar-refractivity contribution in [1.82, 2.24) is 10.3 Å². The SMILES string of the molecule is O=C(c1ccc(F)nc1F)C1CC2COCC(C1)N2. The first-order chi connectivity index (χ1) is 9.13. The number of fused-ring (bicyclic) bond motifs is 2. The molecule has 2 saturated heterocycles. The molecule has 2 aliphatic rings. The van der Waals surface area contributed by atoms with E-state index in [1.807, 2.05) is 0 Å². The number of Topliss-reactive ketones (excluding diaryl/α,β-unsaturated/α-hetero) is 1. The van der Waals surface area contributed by atoms with Gasteiger partial charge in [0, 0.05) is 18.0 Å². The van der Waals surface area contributed by atoms with Crippen LogP contribution in [0.5, 0.6) is 0 Å². The molecule has 102 valence electrons. The Balaban J connectivity index is 1.80. The van der Waals surface area contributed by atoms with Gasteiger partial charge >= 0.3 is 0 Å². The molecule has 0 aliphatic carbocycles. The van der Waals surface area contributed by atoms with Crippen LogP contribution < -0.4 is 5.32 Å². The van der Waals surface area contributed by atoms with Gasteiger partial charge in [-0.15, -0.1) is 0 Å². The first-order valence-corrected chi connectivity index (χ1v) is 6.33. The van der Waals surface area contributed by atoms with Gasteiger partial charge in [0.2, 0.25) is 11.9 Å². The lowest BCUT2D eigenvalue weighted by Gasteiger charge is -2.39. The first kappa shape index (κ1) is 12.6. The Morgan fingerprint density at radius 1 is 1.26 bits per heavy atom. The minimum Gasteiger partial charge on any atom is -0.378 e. The highest BCUT2D eigenvalue weighted by Gasteiger charge is 2.36. The van der Waals surface area contributed by atoms with E-state index >= 15 is 0 Å². The van der Waals surface area contributed by atoms with Crippen LogP contribution >= 0.6 is 0 Å². The van der Waals surface area contributed by atoms with Gasteiger partial charge in [-0.25, -0.2) is 0 Å². The van der Waals surface area contributed by atoms with E-state index in [4.69, 9.17) is 4.74 Å². The second kappa shape index (κ2) is 4.94. The minimum atomic E-state index is -1.02. The monoisotopic (exact) mass is 268 g/mol. The first-order valence-electron chi connectivity index (χ1n) is 6.33. The van der Waals surface area contributed by atoms with Crippen molar-refractivity contribution in [1.29, 1.82) is 0 Å². The lowest BCUT2D eigenvalue weighted by Crippen LogP contribution is -2.55. The molecule has 4 nitrogen and oxygen atoms in total. The van der Waals surface area contributed by atoms with E-state index < -0.39 is 11.9 Å². The molecule has 2 aliphatic heterocycles. The Kier molecular flexibility index (Phi) is 3.28. The average molecular weight is 268 g/mol. The number of ketones is 1. The molecule has 3 rings (SSSR count). The zero-order chi connectivity index (χ0) is 13.4. The summed E-state index contributed by atoms with van der Waals surface area (Å²) < 4.78 is 31.7. The highest BCUT2D eigenvalue weighted by Crippen LogP contribution is 2.27. The number of carbonyl (C=O) groups is 1. The number of ether oxygens (including phenoxy) is 1. The minimum absolute atomic E-state index is 0.118. The number of hydrogen-bond donors (Lipinski definition) is 1. The van der Waals surface area contributed by atoms with Crippen molar-refractivity contribution in [3.05, 3.63) is 29.6 Å². The number of hydrogen-bond acceptors (Lipinski definition) is 4. The number of nitrogens with zero attached hydrogens (tertiary/aromatic N) is 1. The smallest absolute Gasteiger partial charge is 0.226 e. The van der Waals surface area contributed by atoms with E-state index in [0.717, 1.165) is 6.07 Å². The summed E-state index contributed by atoms with van der Waals surface area (Å²) in [6.07, 6.45) is 1.23. The number of aromatic nitrogens is 1. The number of morpholine rings is 1. The Morgan fingerprint density at radius 3 is 2.58 bits per heavy atom. The number of halogens is 2. The van der Waals surface area contributed by atoms with Crippen LogP contribution in [0, 0.1) is 17.8 Å². The number of rotatable bonds is 2. The standard InChI is InChI=1S/C13H14F2N2O2/c14-11-2-1-10(13(15)17-11)12(18)7-3-8-5-19-6-9(4-7)16-8/h1-2,7-9,16H,3-6H2. The van der Waals surface area contributed by atoms with Crippen molar-refractivity contribution in [2.75, 3.05) is 13.2 Å². The van der Waals surface area contributed by atoms with E-state index in [1.54, 1.807) is 0 Å². The third-order valence-electron chi connectivity index (χ3n) is 3.70. The van der Waals surface area contributed by atoms with Gasteiger partial charge in [-0.3, -0.25) is 4.79 Å². The molecule has 2 atom stereocenters. The van der Waals surface area contributed by atoms with Crippen LogP contribution in [0.3, 0.4) is 0 Å². The maximum absolute atomic E-state index is 13.5. The summed E-state index contributed by atoms with van der Waals surface area (Å²) in [6, 6.07) is 2.46. The zero-order valence-corrected chi connectivity index (χ0v) is 10.2. The van der Waals surface area contributed by atoms with Gasteiger partial charge in [-0.05, 0) is 25.0 Å². The molecule has 0 saturated carbocycles. The fraction of sp³-hybridized carbons (Fsp3) is 0.538. The molecule has 2 fully saturated rings. The Hall–Kier alpha value is -1.40. The highest BCUT2D eigenvalue weighted by atomic mass is 19.1. The summed E-state index contributed by atoms with van der Waals surface area (Å²) >= 11 is 0. The molecule has 2 unspecified atom stereocenters. The number of nitrogens with one attached hydrogen (secondary N) is 1. The third kappa shape index (κ3) is 2.50. The van der Waals surface area contributed by atoms with Gasteiger partial charge in [-0.1, -0.05) is 0 Å². The van der Waals surface area contributed by atoms with Gasteiger partial charge in [0.25, 0.3) is 0 Å². The van der Waals surface area contributed by atoms with Crippen molar-refractivity contribution in [3.63, 3.8) is 0 Å². The fourth-order valence-electron chi connectivity index (χ4n) is 2.87. The predicted molar refractivity (Wildman–Crippen MR) is 62.7 cm³/mol. The van der Waals surface area contributed by atoms with Crippen LogP contribution in [0.1, 0.15) is 23.2 Å². The van der Waals surface area contributed by atoms with Gasteiger partial charge in [0.15, 0.2) is 5.78 Å². The van der Waals surface area contributed by atoms with Crippen molar-refractivity contribution < 1.29 is 18.3 Å². The topological polar surface area (TPSA) is 51.2 Å². The van der Waals surface area contributed by atoms with Crippen LogP contribution in [0.2, 0.25) is 0 Å². The number of carbonyl (C=O) groups excluding carboxylic acids is 1. The molecule has 0 radical (unpaired) electrons. The van der Waals surface area contributed by atoms with Gasteiger partial charge in [-0.2, -0.15) is 13.8 Å². The molecule has 3 heterocycles. The second-order valence-corrected chi connectivity index (χ2v) is 5.10. The molecule has 1 aromatic rings.